The molecule has 0 radical (unpaired) electrons. The van der Waals surface area contributed by atoms with Gasteiger partial charge >= 0.3 is 0 Å². The second kappa shape index (κ2) is 10.1. The lowest BCUT2D eigenvalue weighted by atomic mass is 10.1. The summed E-state index contributed by atoms with van der Waals surface area (Å²) < 4.78 is 7.25. The molecule has 1 amide bonds. The maximum absolute atomic E-state index is 12.0. The number of carbonyl (C=O) groups excluding carboxylic acids is 1. The Bertz CT molecular complexity index is 825. The van der Waals surface area contributed by atoms with Gasteiger partial charge in [0.1, 0.15) is 0 Å². The zero-order valence-corrected chi connectivity index (χ0v) is 17.4. The van der Waals surface area contributed by atoms with Gasteiger partial charge in [-0.05, 0) is 6.42 Å². The molecule has 2 N–H and O–H groups in total. The highest BCUT2D eigenvalue weighted by Gasteiger charge is 2.16. The van der Waals surface area contributed by atoms with Crippen molar-refractivity contribution in [2.24, 2.45) is 18.0 Å². The third-order valence-electron chi connectivity index (χ3n) is 4.85. The van der Waals surface area contributed by atoms with E-state index in [0.29, 0.717) is 18.4 Å². The fourth-order valence-corrected chi connectivity index (χ4v) is 3.13. The molecule has 3 rings (SSSR count). The van der Waals surface area contributed by atoms with E-state index in [1.54, 1.807) is 23.7 Å². The SMILES string of the molecule is CN(C)C(=O)CNC(=NCc1cn(C)nc1-c1ccccc1)NCC1CCOC1. The molecule has 1 aromatic heterocycles. The second-order valence-corrected chi connectivity index (χ2v) is 7.46. The Labute approximate surface area is 171 Å². The largest absolute Gasteiger partial charge is 0.381 e. The van der Waals surface area contributed by atoms with Gasteiger partial charge in [-0.2, -0.15) is 5.10 Å². The Balaban J connectivity index is 1.71. The van der Waals surface area contributed by atoms with Crippen molar-refractivity contribution >= 4 is 11.9 Å². The summed E-state index contributed by atoms with van der Waals surface area (Å²) in [5, 5.41) is 11.1. The van der Waals surface area contributed by atoms with Crippen LogP contribution in [0.4, 0.5) is 0 Å². The van der Waals surface area contributed by atoms with E-state index in [2.05, 4.69) is 15.7 Å². The fourth-order valence-electron chi connectivity index (χ4n) is 3.13. The molecular formula is C21H30N6O2. The smallest absolute Gasteiger partial charge is 0.241 e. The molecule has 1 atom stereocenters. The normalized spacial score (nSPS) is 16.7. The number of aliphatic imine (C=N–C) groups is 1. The molecule has 2 aromatic rings. The quantitative estimate of drug-likeness (QED) is 0.542. The van der Waals surface area contributed by atoms with Crippen LogP contribution in [-0.2, 0) is 23.1 Å². The van der Waals surface area contributed by atoms with Gasteiger partial charge in [0.25, 0.3) is 0 Å². The zero-order valence-electron chi connectivity index (χ0n) is 17.4. The van der Waals surface area contributed by atoms with Crippen LogP contribution in [0.25, 0.3) is 11.3 Å². The summed E-state index contributed by atoms with van der Waals surface area (Å²) in [5.41, 5.74) is 3.01. The van der Waals surface area contributed by atoms with Crippen molar-refractivity contribution in [2.45, 2.75) is 13.0 Å². The van der Waals surface area contributed by atoms with Gasteiger partial charge in [0.15, 0.2) is 5.96 Å². The van der Waals surface area contributed by atoms with Crippen molar-refractivity contribution in [1.29, 1.82) is 0 Å². The first kappa shape index (κ1) is 20.9. The number of benzene rings is 1. The molecular weight excluding hydrogens is 368 g/mol. The topological polar surface area (TPSA) is 83.8 Å². The lowest BCUT2D eigenvalue weighted by Gasteiger charge is -2.16. The Morgan fingerprint density at radius 2 is 2.10 bits per heavy atom. The number of guanidine groups is 1. The summed E-state index contributed by atoms with van der Waals surface area (Å²) in [6.45, 7) is 2.99. The van der Waals surface area contributed by atoms with Crippen molar-refractivity contribution in [2.75, 3.05) is 40.4 Å². The fraction of sp³-hybridized carbons (Fsp3) is 0.476. The number of ether oxygens (including phenoxy) is 1. The van der Waals surface area contributed by atoms with Crippen molar-refractivity contribution in [3.8, 4) is 11.3 Å². The van der Waals surface area contributed by atoms with Gasteiger partial charge in [-0.25, -0.2) is 4.99 Å². The van der Waals surface area contributed by atoms with Gasteiger partial charge in [-0.3, -0.25) is 9.48 Å². The average molecular weight is 399 g/mol. The molecule has 2 heterocycles. The Hall–Kier alpha value is -2.87. The maximum atomic E-state index is 12.0. The number of hydrogen-bond acceptors (Lipinski definition) is 4. The summed E-state index contributed by atoms with van der Waals surface area (Å²) in [5.74, 6) is 1.08. The van der Waals surface area contributed by atoms with E-state index in [1.807, 2.05) is 43.6 Å². The van der Waals surface area contributed by atoms with E-state index in [4.69, 9.17) is 9.73 Å². The van der Waals surface area contributed by atoms with E-state index < -0.39 is 0 Å². The second-order valence-electron chi connectivity index (χ2n) is 7.46. The van der Waals surface area contributed by atoms with Gasteiger partial charge < -0.3 is 20.3 Å². The highest BCUT2D eigenvalue weighted by Crippen LogP contribution is 2.22. The summed E-state index contributed by atoms with van der Waals surface area (Å²) in [4.78, 5) is 18.2. The molecule has 29 heavy (non-hydrogen) atoms. The number of amides is 1. The van der Waals surface area contributed by atoms with E-state index >= 15 is 0 Å². The number of carbonyl (C=O) groups is 1. The van der Waals surface area contributed by atoms with E-state index in [1.165, 1.54) is 0 Å². The molecule has 0 spiro atoms. The maximum Gasteiger partial charge on any atom is 0.241 e. The average Bonchev–Trinajstić information content (AvgIpc) is 3.37. The first-order valence-electron chi connectivity index (χ1n) is 9.91. The van der Waals surface area contributed by atoms with Gasteiger partial charge in [-0.15, -0.1) is 0 Å². The van der Waals surface area contributed by atoms with Crippen LogP contribution in [0.5, 0.6) is 0 Å². The number of hydrogen-bond donors (Lipinski definition) is 2. The van der Waals surface area contributed by atoms with Crippen LogP contribution < -0.4 is 10.6 Å². The van der Waals surface area contributed by atoms with Gasteiger partial charge in [0.05, 0.1) is 25.4 Å². The number of nitrogens with zero attached hydrogens (tertiary/aromatic N) is 4. The minimum absolute atomic E-state index is 0.00458. The predicted molar refractivity (Wildman–Crippen MR) is 113 cm³/mol. The van der Waals surface area contributed by atoms with Crippen LogP contribution in [0.15, 0.2) is 41.5 Å². The molecule has 1 aromatic carbocycles. The molecule has 156 valence electrons. The summed E-state index contributed by atoms with van der Waals surface area (Å²) in [6, 6.07) is 10.1. The van der Waals surface area contributed by atoms with E-state index in [9.17, 15) is 4.79 Å². The minimum atomic E-state index is -0.00458. The van der Waals surface area contributed by atoms with Gasteiger partial charge in [0, 0.05) is 57.5 Å². The van der Waals surface area contributed by atoms with Gasteiger partial charge in [0.2, 0.25) is 5.91 Å². The van der Waals surface area contributed by atoms with Crippen LogP contribution in [0, 0.1) is 5.92 Å². The molecule has 1 aliphatic rings. The molecule has 1 fully saturated rings. The molecule has 0 bridgehead atoms. The molecule has 1 unspecified atom stereocenters. The molecule has 0 aliphatic carbocycles. The Morgan fingerprint density at radius 1 is 1.31 bits per heavy atom. The minimum Gasteiger partial charge on any atom is -0.381 e. The number of aryl methyl sites for hydroxylation is 1. The molecule has 8 nitrogen and oxygen atoms in total. The van der Waals surface area contributed by atoms with Gasteiger partial charge in [-0.1, -0.05) is 30.3 Å². The number of aromatic nitrogens is 2. The lowest BCUT2D eigenvalue weighted by molar-refractivity contribution is -0.127. The monoisotopic (exact) mass is 398 g/mol. The van der Waals surface area contributed by atoms with Crippen molar-refractivity contribution in [3.63, 3.8) is 0 Å². The third kappa shape index (κ3) is 6.05. The number of nitrogens with one attached hydrogen (secondary N) is 2. The standard InChI is InChI=1S/C21H30N6O2/c1-26(2)19(28)13-24-21(22-11-16-9-10-29-15-16)23-12-18-14-27(3)25-20(18)17-7-5-4-6-8-17/h4-8,14,16H,9-13,15H2,1-3H3,(H2,22,23,24). The third-order valence-corrected chi connectivity index (χ3v) is 4.85. The number of rotatable bonds is 7. The molecule has 1 saturated heterocycles. The van der Waals surface area contributed by atoms with Crippen LogP contribution in [0.3, 0.4) is 0 Å². The highest BCUT2D eigenvalue weighted by atomic mass is 16.5. The first-order chi connectivity index (χ1) is 14.0. The van der Waals surface area contributed by atoms with Crippen LogP contribution in [0.1, 0.15) is 12.0 Å². The van der Waals surface area contributed by atoms with Crippen molar-refractivity contribution in [1.82, 2.24) is 25.3 Å². The summed E-state index contributed by atoms with van der Waals surface area (Å²) in [7, 11) is 5.39. The Morgan fingerprint density at radius 3 is 2.79 bits per heavy atom. The lowest BCUT2D eigenvalue weighted by Crippen LogP contribution is -2.44. The van der Waals surface area contributed by atoms with Crippen LogP contribution in [0.2, 0.25) is 0 Å². The van der Waals surface area contributed by atoms with E-state index in [-0.39, 0.29) is 12.5 Å². The highest BCUT2D eigenvalue weighted by molar-refractivity contribution is 5.86. The van der Waals surface area contributed by atoms with Crippen LogP contribution in [-0.4, -0.2) is 66.9 Å². The van der Waals surface area contributed by atoms with Crippen LogP contribution >= 0.6 is 0 Å². The summed E-state index contributed by atoms with van der Waals surface area (Å²) >= 11 is 0. The molecule has 8 heteroatoms. The van der Waals surface area contributed by atoms with E-state index in [0.717, 1.165) is 43.0 Å². The van der Waals surface area contributed by atoms with Crippen molar-refractivity contribution < 1.29 is 9.53 Å². The number of likely N-dealkylation sites (N-methyl/N-ethyl adjacent to an activating group) is 1. The predicted octanol–water partition coefficient (Wildman–Crippen LogP) is 1.25. The van der Waals surface area contributed by atoms with Crippen molar-refractivity contribution in [3.05, 3.63) is 42.1 Å². The molecule has 0 saturated carbocycles. The molecule has 1 aliphatic heterocycles. The zero-order chi connectivity index (χ0) is 20.6. The Kier molecular flexibility index (Phi) is 7.24. The summed E-state index contributed by atoms with van der Waals surface area (Å²) in [6.07, 6.45) is 3.02. The first-order valence-corrected chi connectivity index (χ1v) is 9.91.